The smallest absolute Gasteiger partial charge is 0.315 e. The van der Waals surface area contributed by atoms with E-state index in [9.17, 15) is 4.79 Å². The Morgan fingerprint density at radius 3 is 1.96 bits per heavy atom. The van der Waals surface area contributed by atoms with Crippen LogP contribution in [0.1, 0.15) is 18.1 Å². The molecule has 2 atom stereocenters. The van der Waals surface area contributed by atoms with Crippen LogP contribution in [0.5, 0.6) is 0 Å². The van der Waals surface area contributed by atoms with E-state index < -0.39 is 0 Å². The summed E-state index contributed by atoms with van der Waals surface area (Å²) in [4.78, 5) is 14.3. The molecule has 2 aromatic carbocycles. The number of hydrogen-bond acceptors (Lipinski definition) is 2. The maximum Gasteiger partial charge on any atom is 0.315 e. The molecule has 0 aliphatic carbocycles. The number of nitrogens with zero attached hydrogens (tertiary/aromatic N) is 1. The van der Waals surface area contributed by atoms with Crippen LogP contribution in [0, 0.1) is 0 Å². The molecule has 0 aliphatic rings. The lowest BCUT2D eigenvalue weighted by Gasteiger charge is -2.25. The first kappa shape index (κ1) is 19.0. The van der Waals surface area contributed by atoms with Crippen molar-refractivity contribution in [2.45, 2.75) is 31.8 Å². The van der Waals surface area contributed by atoms with Gasteiger partial charge in [0, 0.05) is 18.6 Å². The summed E-state index contributed by atoms with van der Waals surface area (Å²) in [6.45, 7) is 2.64. The predicted octanol–water partition coefficient (Wildman–Crippen LogP) is 3.09. The van der Waals surface area contributed by atoms with E-state index in [1.54, 1.807) is 0 Å². The maximum atomic E-state index is 12.2. The quantitative estimate of drug-likeness (QED) is 0.776. The molecule has 0 aliphatic heterocycles. The van der Waals surface area contributed by atoms with Gasteiger partial charge in [0.2, 0.25) is 0 Å². The summed E-state index contributed by atoms with van der Waals surface area (Å²) in [6.07, 6.45) is 1.74. The van der Waals surface area contributed by atoms with Gasteiger partial charge in [-0.2, -0.15) is 0 Å². The van der Waals surface area contributed by atoms with E-state index in [-0.39, 0.29) is 18.1 Å². The Labute approximate surface area is 151 Å². The third-order valence-electron chi connectivity index (χ3n) is 4.30. The van der Waals surface area contributed by atoms with Crippen LogP contribution in [0.4, 0.5) is 4.79 Å². The number of rotatable bonds is 8. The lowest BCUT2D eigenvalue weighted by Crippen LogP contribution is -2.47. The number of likely N-dealkylation sites (N-methyl/N-ethyl adjacent to an activating group) is 1. The molecule has 134 valence electrons. The molecule has 0 bridgehead atoms. The SMILES string of the molecule is C[C@H](Cc1ccccc1)NC(=O)NCC(Cc1ccccc1)N(C)C. The number of carbonyl (C=O) groups is 1. The normalized spacial score (nSPS) is 13.3. The van der Waals surface area contributed by atoms with Gasteiger partial charge in [-0.3, -0.25) is 0 Å². The zero-order chi connectivity index (χ0) is 18.1. The topological polar surface area (TPSA) is 44.4 Å². The van der Waals surface area contributed by atoms with Gasteiger partial charge in [-0.1, -0.05) is 60.7 Å². The average molecular weight is 339 g/mol. The van der Waals surface area contributed by atoms with Crippen LogP contribution in [-0.2, 0) is 12.8 Å². The molecule has 25 heavy (non-hydrogen) atoms. The minimum absolute atomic E-state index is 0.0920. The number of amides is 2. The fourth-order valence-corrected chi connectivity index (χ4v) is 2.83. The van der Waals surface area contributed by atoms with Gasteiger partial charge in [0.25, 0.3) is 0 Å². The standard InChI is InChI=1S/C21H29N3O/c1-17(14-18-10-6-4-7-11-18)23-21(25)22-16-20(24(2)3)15-19-12-8-5-9-13-19/h4-13,17,20H,14-16H2,1-3H3,(H2,22,23,25)/t17-,20?/m1/s1. The molecular formula is C21H29N3O. The molecule has 0 saturated heterocycles. The third-order valence-corrected chi connectivity index (χ3v) is 4.30. The van der Waals surface area contributed by atoms with Gasteiger partial charge >= 0.3 is 6.03 Å². The van der Waals surface area contributed by atoms with E-state index in [0.29, 0.717) is 6.54 Å². The molecule has 0 saturated carbocycles. The molecule has 2 aromatic rings. The molecule has 0 spiro atoms. The molecule has 1 unspecified atom stereocenters. The Hall–Kier alpha value is -2.33. The first-order valence-electron chi connectivity index (χ1n) is 8.83. The van der Waals surface area contributed by atoms with E-state index in [0.717, 1.165) is 12.8 Å². The van der Waals surface area contributed by atoms with Crippen molar-refractivity contribution in [1.82, 2.24) is 15.5 Å². The number of hydrogen-bond donors (Lipinski definition) is 2. The third kappa shape index (κ3) is 6.98. The van der Waals surface area contributed by atoms with Crippen molar-refractivity contribution in [1.29, 1.82) is 0 Å². The molecule has 0 radical (unpaired) electrons. The Morgan fingerprint density at radius 1 is 0.920 bits per heavy atom. The Bertz CT molecular complexity index is 628. The second-order valence-corrected chi connectivity index (χ2v) is 6.75. The summed E-state index contributed by atoms with van der Waals surface area (Å²) in [5, 5.41) is 6.03. The minimum Gasteiger partial charge on any atom is -0.337 e. The highest BCUT2D eigenvalue weighted by Gasteiger charge is 2.14. The Kier molecular flexibility index (Phi) is 7.48. The number of carbonyl (C=O) groups excluding carboxylic acids is 1. The van der Waals surface area contributed by atoms with Gasteiger partial charge in [0.05, 0.1) is 0 Å². The monoisotopic (exact) mass is 339 g/mol. The van der Waals surface area contributed by atoms with Crippen molar-refractivity contribution in [2.75, 3.05) is 20.6 Å². The zero-order valence-corrected chi connectivity index (χ0v) is 15.4. The summed E-state index contributed by atoms with van der Waals surface area (Å²) in [6, 6.07) is 20.8. The largest absolute Gasteiger partial charge is 0.337 e. The average Bonchev–Trinajstić information content (AvgIpc) is 2.60. The summed E-state index contributed by atoms with van der Waals surface area (Å²) < 4.78 is 0. The molecule has 2 N–H and O–H groups in total. The molecule has 0 aromatic heterocycles. The lowest BCUT2D eigenvalue weighted by atomic mass is 10.1. The Balaban J connectivity index is 1.78. The van der Waals surface area contributed by atoms with Crippen molar-refractivity contribution in [3.8, 4) is 0 Å². The highest BCUT2D eigenvalue weighted by molar-refractivity contribution is 5.74. The van der Waals surface area contributed by atoms with Gasteiger partial charge in [-0.15, -0.1) is 0 Å². The minimum atomic E-state index is -0.108. The van der Waals surface area contributed by atoms with Crippen LogP contribution in [0.15, 0.2) is 60.7 Å². The van der Waals surface area contributed by atoms with Gasteiger partial charge in [0.1, 0.15) is 0 Å². The molecule has 0 fully saturated rings. The summed E-state index contributed by atoms with van der Waals surface area (Å²) >= 11 is 0. The zero-order valence-electron chi connectivity index (χ0n) is 15.4. The van der Waals surface area contributed by atoms with Crippen molar-refractivity contribution in [3.63, 3.8) is 0 Å². The number of urea groups is 1. The fraction of sp³-hybridized carbons (Fsp3) is 0.381. The molecule has 0 heterocycles. The van der Waals surface area contributed by atoms with E-state index in [1.807, 2.05) is 57.4 Å². The second kappa shape index (κ2) is 9.84. The van der Waals surface area contributed by atoms with Gasteiger partial charge < -0.3 is 15.5 Å². The summed E-state index contributed by atoms with van der Waals surface area (Å²) in [5.74, 6) is 0. The highest BCUT2D eigenvalue weighted by atomic mass is 16.2. The van der Waals surface area contributed by atoms with Crippen LogP contribution in [0.3, 0.4) is 0 Å². The fourth-order valence-electron chi connectivity index (χ4n) is 2.83. The predicted molar refractivity (Wildman–Crippen MR) is 104 cm³/mol. The molecular weight excluding hydrogens is 310 g/mol. The molecule has 2 rings (SSSR count). The summed E-state index contributed by atoms with van der Waals surface area (Å²) in [5.41, 5.74) is 2.51. The second-order valence-electron chi connectivity index (χ2n) is 6.75. The van der Waals surface area contributed by atoms with Crippen molar-refractivity contribution < 1.29 is 4.79 Å². The number of benzene rings is 2. The molecule has 4 nitrogen and oxygen atoms in total. The van der Waals surface area contributed by atoms with Crippen LogP contribution >= 0.6 is 0 Å². The first-order chi connectivity index (χ1) is 12.0. The van der Waals surface area contributed by atoms with Crippen LogP contribution < -0.4 is 10.6 Å². The Morgan fingerprint density at radius 2 is 1.44 bits per heavy atom. The molecule has 4 heteroatoms. The van der Waals surface area contributed by atoms with Crippen molar-refractivity contribution in [3.05, 3.63) is 71.8 Å². The van der Waals surface area contributed by atoms with Gasteiger partial charge in [-0.05, 0) is 45.0 Å². The van der Waals surface area contributed by atoms with Crippen LogP contribution in [0.2, 0.25) is 0 Å². The van der Waals surface area contributed by atoms with Gasteiger partial charge in [0.15, 0.2) is 0 Å². The first-order valence-corrected chi connectivity index (χ1v) is 8.83. The van der Waals surface area contributed by atoms with Crippen molar-refractivity contribution >= 4 is 6.03 Å². The van der Waals surface area contributed by atoms with Crippen LogP contribution in [0.25, 0.3) is 0 Å². The lowest BCUT2D eigenvalue weighted by molar-refractivity contribution is 0.229. The number of nitrogens with one attached hydrogen (secondary N) is 2. The summed E-state index contributed by atoms with van der Waals surface area (Å²) in [7, 11) is 4.09. The van der Waals surface area contributed by atoms with E-state index in [1.165, 1.54) is 11.1 Å². The maximum absolute atomic E-state index is 12.2. The highest BCUT2D eigenvalue weighted by Crippen LogP contribution is 2.06. The van der Waals surface area contributed by atoms with E-state index >= 15 is 0 Å². The van der Waals surface area contributed by atoms with Crippen molar-refractivity contribution in [2.24, 2.45) is 0 Å². The van der Waals surface area contributed by atoms with E-state index in [2.05, 4.69) is 39.8 Å². The van der Waals surface area contributed by atoms with E-state index in [4.69, 9.17) is 0 Å². The molecule has 2 amide bonds. The van der Waals surface area contributed by atoms with Gasteiger partial charge in [-0.25, -0.2) is 4.79 Å². The van der Waals surface area contributed by atoms with Crippen LogP contribution in [-0.4, -0.2) is 43.7 Å².